The molecular formula is C9H11NO3S. The first-order valence-corrected chi connectivity index (χ1v) is 5.25. The predicted molar refractivity (Wildman–Crippen MR) is 52.3 cm³/mol. The Morgan fingerprint density at radius 1 is 1.79 bits per heavy atom. The van der Waals surface area contributed by atoms with Gasteiger partial charge in [0, 0.05) is 23.9 Å². The molecule has 0 spiro atoms. The number of nitrogens with one attached hydrogen (secondary N) is 1. The van der Waals surface area contributed by atoms with Crippen LogP contribution in [-0.2, 0) is 15.9 Å². The molecule has 2 heterocycles. The summed E-state index contributed by atoms with van der Waals surface area (Å²) in [4.78, 5) is 12.2. The van der Waals surface area contributed by atoms with E-state index in [4.69, 9.17) is 9.47 Å². The molecular weight excluding hydrogens is 202 g/mol. The molecule has 1 amide bonds. The van der Waals surface area contributed by atoms with Crippen molar-refractivity contribution >= 4 is 17.4 Å². The zero-order chi connectivity index (χ0) is 9.97. The van der Waals surface area contributed by atoms with Gasteiger partial charge in [-0.2, -0.15) is 0 Å². The van der Waals surface area contributed by atoms with Crippen molar-refractivity contribution in [2.24, 2.45) is 0 Å². The number of ether oxygens (including phenoxy) is 2. The van der Waals surface area contributed by atoms with Crippen LogP contribution in [0.3, 0.4) is 0 Å². The zero-order valence-corrected chi connectivity index (χ0v) is 8.60. The number of rotatable bonds is 1. The molecule has 14 heavy (non-hydrogen) atoms. The summed E-state index contributed by atoms with van der Waals surface area (Å²) in [6, 6.07) is 1.94. The summed E-state index contributed by atoms with van der Waals surface area (Å²) in [6.07, 6.45) is -0.0975. The minimum absolute atomic E-state index is 0.464. The van der Waals surface area contributed by atoms with Crippen molar-refractivity contribution in [2.45, 2.75) is 12.7 Å². The van der Waals surface area contributed by atoms with E-state index in [0.717, 1.165) is 12.0 Å². The fourth-order valence-electron chi connectivity index (χ4n) is 1.37. The molecule has 0 bridgehead atoms. The summed E-state index contributed by atoms with van der Waals surface area (Å²) in [5.41, 5.74) is 0.977. The molecule has 1 unspecified atom stereocenters. The molecule has 1 aromatic rings. The van der Waals surface area contributed by atoms with Gasteiger partial charge in [-0.25, -0.2) is 4.79 Å². The Morgan fingerprint density at radius 3 is 3.43 bits per heavy atom. The van der Waals surface area contributed by atoms with Crippen LogP contribution in [-0.4, -0.2) is 19.7 Å². The van der Waals surface area contributed by atoms with E-state index in [2.05, 4.69) is 5.32 Å². The van der Waals surface area contributed by atoms with Crippen LogP contribution in [0.15, 0.2) is 11.4 Å². The quantitative estimate of drug-likeness (QED) is 0.772. The van der Waals surface area contributed by atoms with Crippen LogP contribution in [0.5, 0.6) is 0 Å². The number of amides is 1. The highest BCUT2D eigenvalue weighted by Gasteiger charge is 2.24. The van der Waals surface area contributed by atoms with Crippen LogP contribution in [0.2, 0.25) is 0 Å². The van der Waals surface area contributed by atoms with Crippen molar-refractivity contribution < 1.29 is 14.3 Å². The lowest BCUT2D eigenvalue weighted by Gasteiger charge is -2.22. The van der Waals surface area contributed by atoms with E-state index in [0.29, 0.717) is 6.61 Å². The molecule has 0 saturated heterocycles. The van der Waals surface area contributed by atoms with Gasteiger partial charge in [-0.15, -0.1) is 11.3 Å². The third-order valence-corrected chi connectivity index (χ3v) is 3.05. The number of alkyl carbamates (subject to hydrolysis) is 1. The van der Waals surface area contributed by atoms with Crippen molar-refractivity contribution in [3.63, 3.8) is 0 Å². The SMILES string of the molecule is CNC(=O)OC1OCCc2sccc21. The van der Waals surface area contributed by atoms with Crippen LogP contribution in [0.25, 0.3) is 0 Å². The smallest absolute Gasteiger partial charge is 0.409 e. The van der Waals surface area contributed by atoms with Gasteiger partial charge in [0.1, 0.15) is 0 Å². The van der Waals surface area contributed by atoms with E-state index < -0.39 is 12.4 Å². The van der Waals surface area contributed by atoms with E-state index >= 15 is 0 Å². The number of thiophene rings is 1. The summed E-state index contributed by atoms with van der Waals surface area (Å²) in [5, 5.41) is 4.38. The number of hydrogen-bond donors (Lipinski definition) is 1. The van der Waals surface area contributed by atoms with Crippen molar-refractivity contribution in [2.75, 3.05) is 13.7 Å². The average molecular weight is 213 g/mol. The van der Waals surface area contributed by atoms with Crippen LogP contribution < -0.4 is 5.32 Å². The van der Waals surface area contributed by atoms with E-state index in [1.807, 2.05) is 11.4 Å². The Morgan fingerprint density at radius 2 is 2.64 bits per heavy atom. The fourth-order valence-corrected chi connectivity index (χ4v) is 2.25. The van der Waals surface area contributed by atoms with Crippen LogP contribution in [0, 0.1) is 0 Å². The molecule has 0 saturated carbocycles. The summed E-state index contributed by atoms with van der Waals surface area (Å²) >= 11 is 1.67. The second kappa shape index (κ2) is 3.98. The van der Waals surface area contributed by atoms with Crippen molar-refractivity contribution in [1.82, 2.24) is 5.32 Å². The molecule has 76 valence electrons. The lowest BCUT2D eigenvalue weighted by Crippen LogP contribution is -2.25. The number of carbonyl (C=O) groups is 1. The van der Waals surface area contributed by atoms with Gasteiger partial charge in [0.15, 0.2) is 0 Å². The molecule has 0 aliphatic carbocycles. The Balaban J connectivity index is 2.12. The molecule has 4 nitrogen and oxygen atoms in total. The van der Waals surface area contributed by atoms with Gasteiger partial charge >= 0.3 is 6.09 Å². The predicted octanol–water partition coefficient (Wildman–Crippen LogP) is 1.68. The maximum Gasteiger partial charge on any atom is 0.409 e. The molecule has 1 aliphatic heterocycles. The highest BCUT2D eigenvalue weighted by molar-refractivity contribution is 7.10. The van der Waals surface area contributed by atoms with Gasteiger partial charge in [0.2, 0.25) is 6.29 Å². The van der Waals surface area contributed by atoms with Crippen molar-refractivity contribution in [1.29, 1.82) is 0 Å². The van der Waals surface area contributed by atoms with E-state index in [-0.39, 0.29) is 0 Å². The third-order valence-electron chi connectivity index (χ3n) is 2.05. The largest absolute Gasteiger partial charge is 0.415 e. The van der Waals surface area contributed by atoms with Crippen LogP contribution in [0.4, 0.5) is 4.79 Å². The molecule has 5 heteroatoms. The van der Waals surface area contributed by atoms with Crippen LogP contribution in [0.1, 0.15) is 16.7 Å². The fraction of sp³-hybridized carbons (Fsp3) is 0.444. The number of hydrogen-bond acceptors (Lipinski definition) is 4. The van der Waals surface area contributed by atoms with Gasteiger partial charge in [0.25, 0.3) is 0 Å². The highest BCUT2D eigenvalue weighted by atomic mass is 32.1. The number of carbonyl (C=O) groups excluding carboxylic acids is 1. The minimum atomic E-state index is -0.537. The number of fused-ring (bicyclic) bond motifs is 1. The topological polar surface area (TPSA) is 47.6 Å². The first-order chi connectivity index (χ1) is 6.81. The molecule has 0 radical (unpaired) electrons. The van der Waals surface area contributed by atoms with Crippen molar-refractivity contribution in [3.8, 4) is 0 Å². The summed E-state index contributed by atoms with van der Waals surface area (Å²) < 4.78 is 10.4. The molecule has 2 rings (SSSR count). The summed E-state index contributed by atoms with van der Waals surface area (Å²) in [7, 11) is 1.53. The summed E-state index contributed by atoms with van der Waals surface area (Å²) in [5.74, 6) is 0. The lowest BCUT2D eigenvalue weighted by atomic mass is 10.2. The lowest BCUT2D eigenvalue weighted by molar-refractivity contribution is -0.113. The molecule has 0 fully saturated rings. The van der Waals surface area contributed by atoms with E-state index in [1.54, 1.807) is 11.3 Å². The summed E-state index contributed by atoms with van der Waals surface area (Å²) in [6.45, 7) is 0.606. The third kappa shape index (κ3) is 1.73. The van der Waals surface area contributed by atoms with E-state index in [1.165, 1.54) is 11.9 Å². The first kappa shape index (κ1) is 9.48. The minimum Gasteiger partial charge on any atom is -0.415 e. The normalized spacial score (nSPS) is 19.9. The van der Waals surface area contributed by atoms with Gasteiger partial charge < -0.3 is 14.8 Å². The Hall–Kier alpha value is -1.07. The second-order valence-corrected chi connectivity index (χ2v) is 3.91. The average Bonchev–Trinajstić information content (AvgIpc) is 2.66. The van der Waals surface area contributed by atoms with Gasteiger partial charge in [0.05, 0.1) is 6.61 Å². The van der Waals surface area contributed by atoms with Gasteiger partial charge in [-0.05, 0) is 11.4 Å². The molecule has 0 aromatic carbocycles. The monoisotopic (exact) mass is 213 g/mol. The molecule has 1 atom stereocenters. The maximum atomic E-state index is 11.0. The van der Waals surface area contributed by atoms with Gasteiger partial charge in [-0.3, -0.25) is 0 Å². The maximum absolute atomic E-state index is 11.0. The highest BCUT2D eigenvalue weighted by Crippen LogP contribution is 2.31. The zero-order valence-electron chi connectivity index (χ0n) is 7.78. The molecule has 1 aromatic heterocycles. The van der Waals surface area contributed by atoms with Crippen molar-refractivity contribution in [3.05, 3.63) is 21.9 Å². The molecule has 1 aliphatic rings. The molecule has 1 N–H and O–H groups in total. The Bertz CT molecular complexity index is 337. The van der Waals surface area contributed by atoms with Crippen LogP contribution >= 0.6 is 11.3 Å². The van der Waals surface area contributed by atoms with E-state index in [9.17, 15) is 4.79 Å². The Kier molecular flexibility index (Phi) is 2.69. The second-order valence-electron chi connectivity index (χ2n) is 2.91. The Labute approximate surface area is 85.8 Å². The first-order valence-electron chi connectivity index (χ1n) is 4.37. The standard InChI is InChI=1S/C9H11NO3S/c1-10-9(11)13-8-6-3-5-14-7(6)2-4-12-8/h3,5,8H,2,4H2,1H3,(H,10,11). The van der Waals surface area contributed by atoms with Gasteiger partial charge in [-0.1, -0.05) is 0 Å².